The van der Waals surface area contributed by atoms with Crippen LogP contribution in [0.2, 0.25) is 0 Å². The molecule has 0 aromatic rings. The largest absolute Gasteiger partial charge is 0.396 e. The maximum Gasteiger partial charge on any atom is 0.206 e. The topological polar surface area (TPSA) is 104 Å². The maximum atomic E-state index is 9.45. The molecule has 0 bridgehead atoms. The monoisotopic (exact) mass is 231 g/mol. The highest BCUT2D eigenvalue weighted by Crippen LogP contribution is 2.20. The molecule has 0 aliphatic heterocycles. The lowest BCUT2D eigenvalue weighted by molar-refractivity contribution is -0.480. The van der Waals surface area contributed by atoms with Crippen LogP contribution in [0.4, 0.5) is 0 Å². The molecule has 6 heteroatoms. The van der Waals surface area contributed by atoms with Gasteiger partial charge < -0.3 is 15.3 Å². The average Bonchev–Trinajstić information content (AvgIpc) is 2.20. The molecule has 0 spiro atoms. The Morgan fingerprint density at radius 2 is 2.06 bits per heavy atom. The number of allylic oxidation sites excluding steroid dienone is 2. The summed E-state index contributed by atoms with van der Waals surface area (Å²) in [4.78, 5) is 9.00. The molecule has 1 unspecified atom stereocenters. The van der Waals surface area contributed by atoms with Gasteiger partial charge in [-0.1, -0.05) is 25.2 Å². The molecule has 1 aliphatic rings. The molecule has 0 aromatic carbocycles. The molecule has 0 fully saturated rings. The van der Waals surface area contributed by atoms with Gasteiger partial charge in [-0.15, -0.1) is 0 Å². The van der Waals surface area contributed by atoms with Gasteiger partial charge in [0, 0.05) is 23.9 Å². The smallest absolute Gasteiger partial charge is 0.206 e. The Kier molecular flexibility index (Phi) is 6.55. The molecule has 1 aliphatic carbocycles. The van der Waals surface area contributed by atoms with Crippen molar-refractivity contribution in [3.05, 3.63) is 34.4 Å². The Bertz CT molecular complexity index is 272. The quantitative estimate of drug-likeness (QED) is 0.362. The summed E-state index contributed by atoms with van der Waals surface area (Å²) in [7, 11) is 0. The molecular formula is C10H17NO5. The highest BCUT2D eigenvalue weighted by Gasteiger charge is 2.26. The van der Waals surface area contributed by atoms with Crippen molar-refractivity contribution < 1.29 is 20.2 Å². The summed E-state index contributed by atoms with van der Waals surface area (Å²) >= 11 is 0. The number of aliphatic hydroxyl groups excluding tert-OH is 1. The summed E-state index contributed by atoms with van der Waals surface area (Å²) in [6, 6.07) is 0. The highest BCUT2D eigenvalue weighted by molar-refractivity contribution is 5.16. The predicted molar refractivity (Wildman–Crippen MR) is 58.2 cm³/mol. The third kappa shape index (κ3) is 6.28. The Balaban J connectivity index is 0.000000293. The SMILES string of the molecule is CC1C=CC=CC1(O)O.O=[N+]([O-])CCCO. The first-order valence-electron chi connectivity index (χ1n) is 4.93. The van der Waals surface area contributed by atoms with E-state index in [1.165, 1.54) is 6.08 Å². The van der Waals surface area contributed by atoms with Crippen molar-refractivity contribution in [2.45, 2.75) is 19.1 Å². The lowest BCUT2D eigenvalue weighted by Gasteiger charge is -2.24. The molecule has 0 heterocycles. The summed E-state index contributed by atoms with van der Waals surface area (Å²) in [5.74, 6) is -1.84. The van der Waals surface area contributed by atoms with Gasteiger partial charge in [-0.3, -0.25) is 10.1 Å². The van der Waals surface area contributed by atoms with Gasteiger partial charge >= 0.3 is 0 Å². The molecule has 0 amide bonds. The van der Waals surface area contributed by atoms with E-state index in [0.717, 1.165) is 0 Å². The van der Waals surface area contributed by atoms with Gasteiger partial charge in [0.1, 0.15) is 0 Å². The molecule has 1 rings (SSSR count). The predicted octanol–water partition coefficient (Wildman–Crippen LogP) is 0.0749. The van der Waals surface area contributed by atoms with Crippen LogP contribution in [0.25, 0.3) is 0 Å². The zero-order chi connectivity index (χ0) is 12.6. The van der Waals surface area contributed by atoms with Crippen LogP contribution in [0, 0.1) is 16.0 Å². The van der Waals surface area contributed by atoms with Crippen LogP contribution >= 0.6 is 0 Å². The Morgan fingerprint density at radius 1 is 1.44 bits per heavy atom. The third-order valence-corrected chi connectivity index (χ3v) is 2.02. The van der Waals surface area contributed by atoms with Gasteiger partial charge in [0.2, 0.25) is 6.54 Å². The van der Waals surface area contributed by atoms with E-state index in [-0.39, 0.29) is 25.5 Å². The number of nitro groups is 1. The minimum atomic E-state index is -1.63. The summed E-state index contributed by atoms with van der Waals surface area (Å²) < 4.78 is 0. The van der Waals surface area contributed by atoms with Crippen molar-refractivity contribution in [2.75, 3.05) is 13.2 Å². The summed E-state index contributed by atoms with van der Waals surface area (Å²) in [6.45, 7) is 1.53. The van der Waals surface area contributed by atoms with Crippen LogP contribution < -0.4 is 0 Å². The number of hydrogen-bond donors (Lipinski definition) is 3. The van der Waals surface area contributed by atoms with E-state index < -0.39 is 10.7 Å². The van der Waals surface area contributed by atoms with Gasteiger partial charge in [-0.05, 0) is 6.08 Å². The van der Waals surface area contributed by atoms with E-state index >= 15 is 0 Å². The van der Waals surface area contributed by atoms with Gasteiger partial charge in [0.15, 0.2) is 5.79 Å². The third-order valence-electron chi connectivity index (χ3n) is 2.02. The lowest BCUT2D eigenvalue weighted by Crippen LogP contribution is -2.33. The second-order valence-corrected chi connectivity index (χ2v) is 3.45. The van der Waals surface area contributed by atoms with Crippen LogP contribution in [0.5, 0.6) is 0 Å². The fourth-order valence-corrected chi connectivity index (χ4v) is 0.921. The van der Waals surface area contributed by atoms with Crippen molar-refractivity contribution in [3.63, 3.8) is 0 Å². The maximum absolute atomic E-state index is 9.45. The first-order valence-corrected chi connectivity index (χ1v) is 4.93. The first-order chi connectivity index (χ1) is 7.40. The number of hydrogen-bond acceptors (Lipinski definition) is 5. The van der Waals surface area contributed by atoms with Crippen LogP contribution in [0.1, 0.15) is 13.3 Å². The number of rotatable bonds is 3. The zero-order valence-electron chi connectivity index (χ0n) is 9.11. The van der Waals surface area contributed by atoms with E-state index in [4.69, 9.17) is 15.3 Å². The van der Waals surface area contributed by atoms with E-state index in [2.05, 4.69) is 0 Å². The minimum absolute atomic E-state index is 0.0962. The summed E-state index contributed by atoms with van der Waals surface area (Å²) in [5, 5.41) is 35.6. The average molecular weight is 231 g/mol. The zero-order valence-corrected chi connectivity index (χ0v) is 9.11. The molecular weight excluding hydrogens is 214 g/mol. The van der Waals surface area contributed by atoms with Gasteiger partial charge in [0.05, 0.1) is 0 Å². The van der Waals surface area contributed by atoms with E-state index in [0.29, 0.717) is 0 Å². The molecule has 16 heavy (non-hydrogen) atoms. The molecule has 92 valence electrons. The molecule has 6 nitrogen and oxygen atoms in total. The fourth-order valence-electron chi connectivity index (χ4n) is 0.921. The molecule has 0 saturated carbocycles. The van der Waals surface area contributed by atoms with Crippen molar-refractivity contribution in [2.24, 2.45) is 5.92 Å². The number of aliphatic hydroxyl groups is 3. The van der Waals surface area contributed by atoms with E-state index in [1.54, 1.807) is 25.2 Å². The minimum Gasteiger partial charge on any atom is -0.396 e. The van der Waals surface area contributed by atoms with Gasteiger partial charge in [-0.2, -0.15) is 0 Å². The van der Waals surface area contributed by atoms with Crippen molar-refractivity contribution in [1.29, 1.82) is 0 Å². The standard InChI is InChI=1S/C7H10O2.C3H7NO3/c1-6-4-2-3-5-7(6,8)9;5-3-1-2-4(6)7/h2-6,8-9H,1H3;5H,1-3H2. The van der Waals surface area contributed by atoms with Crippen molar-refractivity contribution in [1.82, 2.24) is 0 Å². The van der Waals surface area contributed by atoms with Crippen molar-refractivity contribution >= 4 is 0 Å². The van der Waals surface area contributed by atoms with E-state index in [9.17, 15) is 10.1 Å². The molecule has 0 saturated heterocycles. The first kappa shape index (κ1) is 14.8. The van der Waals surface area contributed by atoms with Crippen LogP contribution in [0.15, 0.2) is 24.3 Å². The Morgan fingerprint density at radius 3 is 2.31 bits per heavy atom. The van der Waals surface area contributed by atoms with Crippen molar-refractivity contribution in [3.8, 4) is 0 Å². The second kappa shape index (κ2) is 7.10. The van der Waals surface area contributed by atoms with Gasteiger partial charge in [0.25, 0.3) is 0 Å². The lowest BCUT2D eigenvalue weighted by atomic mass is 9.96. The molecule has 3 N–H and O–H groups in total. The highest BCUT2D eigenvalue weighted by atomic mass is 16.6. The molecule has 1 atom stereocenters. The Labute approximate surface area is 93.7 Å². The normalized spacial score (nSPS) is 21.1. The second-order valence-electron chi connectivity index (χ2n) is 3.45. The van der Waals surface area contributed by atoms with Crippen LogP contribution in [-0.2, 0) is 0 Å². The molecule has 0 radical (unpaired) electrons. The van der Waals surface area contributed by atoms with Crippen LogP contribution in [0.3, 0.4) is 0 Å². The number of nitrogens with zero attached hydrogens (tertiary/aromatic N) is 1. The fraction of sp³-hybridized carbons (Fsp3) is 0.600. The molecule has 0 aromatic heterocycles. The Hall–Kier alpha value is -1.24. The van der Waals surface area contributed by atoms with Crippen LogP contribution in [-0.4, -0.2) is 39.2 Å². The summed E-state index contributed by atoms with van der Waals surface area (Å²) in [5.41, 5.74) is 0. The summed E-state index contributed by atoms with van der Waals surface area (Å²) in [6.07, 6.45) is 6.81. The van der Waals surface area contributed by atoms with Gasteiger partial charge in [-0.25, -0.2) is 0 Å². The van der Waals surface area contributed by atoms with E-state index in [1.807, 2.05) is 0 Å².